The van der Waals surface area contributed by atoms with Crippen LogP contribution >= 0.6 is 0 Å². The zero-order valence-electron chi connectivity index (χ0n) is 13.1. The van der Waals surface area contributed by atoms with Crippen molar-refractivity contribution in [1.82, 2.24) is 0 Å². The van der Waals surface area contributed by atoms with Gasteiger partial charge in [0, 0.05) is 0 Å². The minimum Gasteiger partial charge on any atom is -0.393 e. The molecule has 0 amide bonds. The average Bonchev–Trinajstić information content (AvgIpc) is 3.05. The van der Waals surface area contributed by atoms with E-state index in [0.717, 1.165) is 25.2 Å². The Bertz CT molecular complexity index is 514. The summed E-state index contributed by atoms with van der Waals surface area (Å²) in [4.78, 5) is 0. The predicted octanol–water partition coefficient (Wildman–Crippen LogP) is 3.28. The number of aliphatic hydroxyl groups excluding tert-OH is 2. The van der Waals surface area contributed by atoms with Crippen LogP contribution in [0.1, 0.15) is 58.3 Å². The topological polar surface area (TPSA) is 40.5 Å². The first-order valence-corrected chi connectivity index (χ1v) is 9.06. The first-order chi connectivity index (χ1) is 10.0. The van der Waals surface area contributed by atoms with Gasteiger partial charge in [0.05, 0.1) is 12.2 Å². The predicted molar refractivity (Wildman–Crippen MR) is 81.5 cm³/mol. The van der Waals surface area contributed by atoms with E-state index in [1.807, 2.05) is 0 Å². The van der Waals surface area contributed by atoms with Crippen molar-refractivity contribution < 1.29 is 10.2 Å². The summed E-state index contributed by atoms with van der Waals surface area (Å²) < 4.78 is 0. The van der Waals surface area contributed by atoms with Crippen LogP contribution in [0.4, 0.5) is 0 Å². The molecular weight excluding hydrogens is 260 g/mol. The second kappa shape index (κ2) is 3.76. The zero-order valence-corrected chi connectivity index (χ0v) is 13.1. The summed E-state index contributed by atoms with van der Waals surface area (Å²) in [6, 6.07) is 0. The maximum Gasteiger partial charge on any atom is 0.0596 e. The van der Waals surface area contributed by atoms with Crippen LogP contribution < -0.4 is 0 Å². The molecule has 4 fully saturated rings. The summed E-state index contributed by atoms with van der Waals surface area (Å²) in [5.41, 5.74) is 1.06. The molecule has 0 aromatic rings. The lowest BCUT2D eigenvalue weighted by atomic mass is 9.52. The Labute approximate surface area is 127 Å². The van der Waals surface area contributed by atoms with Gasteiger partial charge in [-0.05, 0) is 85.4 Å². The smallest absolute Gasteiger partial charge is 0.0596 e. The third-order valence-corrected chi connectivity index (χ3v) is 8.65. The minimum atomic E-state index is -0.0755. The summed E-state index contributed by atoms with van der Waals surface area (Å²) in [6.45, 7) is 2.34. The largest absolute Gasteiger partial charge is 0.393 e. The zero-order chi connectivity index (χ0) is 14.5. The molecule has 5 rings (SSSR count). The first-order valence-electron chi connectivity index (χ1n) is 9.06. The Hall–Kier alpha value is -0.340. The highest BCUT2D eigenvalue weighted by Crippen LogP contribution is 2.80. The maximum atomic E-state index is 10.5. The molecule has 0 aromatic heterocycles. The molecule has 0 saturated heterocycles. The fourth-order valence-corrected chi connectivity index (χ4v) is 7.43. The maximum absolute atomic E-state index is 10.5. The average molecular weight is 288 g/mol. The number of aliphatic hydroxyl groups is 2. The van der Waals surface area contributed by atoms with Crippen molar-refractivity contribution in [3.8, 4) is 0 Å². The molecule has 5 aliphatic rings. The second-order valence-electron chi connectivity index (χ2n) is 9.17. The number of hydrogen-bond acceptors (Lipinski definition) is 2. The Morgan fingerprint density at radius 1 is 1.00 bits per heavy atom. The van der Waals surface area contributed by atoms with Crippen LogP contribution in [0.3, 0.4) is 0 Å². The third kappa shape index (κ3) is 1.38. The summed E-state index contributed by atoms with van der Waals surface area (Å²) >= 11 is 0. The van der Waals surface area contributed by atoms with Crippen LogP contribution in [0, 0.1) is 34.0 Å². The molecule has 116 valence electrons. The molecule has 2 nitrogen and oxygen atoms in total. The molecule has 0 spiro atoms. The molecule has 0 bridgehead atoms. The van der Waals surface area contributed by atoms with E-state index in [2.05, 4.69) is 19.1 Å². The lowest BCUT2D eigenvalue weighted by Crippen LogP contribution is -2.48. The summed E-state index contributed by atoms with van der Waals surface area (Å²) in [6.07, 6.45) is 14.2. The lowest BCUT2D eigenvalue weighted by molar-refractivity contribution is -0.0555. The van der Waals surface area contributed by atoms with Crippen molar-refractivity contribution >= 4 is 0 Å². The van der Waals surface area contributed by atoms with Gasteiger partial charge in [-0.2, -0.15) is 0 Å². The van der Waals surface area contributed by atoms with Gasteiger partial charge in [-0.3, -0.25) is 0 Å². The molecule has 4 saturated carbocycles. The first kappa shape index (κ1) is 13.1. The molecule has 0 radical (unpaired) electrons. The summed E-state index contributed by atoms with van der Waals surface area (Å²) in [5.74, 6) is 2.23. The van der Waals surface area contributed by atoms with Crippen LogP contribution in [0.2, 0.25) is 0 Å². The minimum absolute atomic E-state index is 0.0658. The summed E-state index contributed by atoms with van der Waals surface area (Å²) in [7, 11) is 0. The Balaban J connectivity index is 1.53. The summed E-state index contributed by atoms with van der Waals surface area (Å²) in [5, 5.41) is 20.5. The Kier molecular flexibility index (Phi) is 2.35. The van der Waals surface area contributed by atoms with E-state index in [-0.39, 0.29) is 17.6 Å². The van der Waals surface area contributed by atoms with Gasteiger partial charge in [0.15, 0.2) is 0 Å². The van der Waals surface area contributed by atoms with E-state index in [9.17, 15) is 10.2 Å². The highest BCUT2D eigenvalue weighted by molar-refractivity contribution is 5.33. The number of rotatable bonds is 0. The van der Waals surface area contributed by atoms with E-state index in [0.29, 0.717) is 22.7 Å². The van der Waals surface area contributed by atoms with E-state index in [4.69, 9.17) is 0 Å². The van der Waals surface area contributed by atoms with Gasteiger partial charge in [-0.1, -0.05) is 19.1 Å². The second-order valence-corrected chi connectivity index (χ2v) is 9.17. The van der Waals surface area contributed by atoms with Crippen LogP contribution in [-0.4, -0.2) is 22.4 Å². The van der Waals surface area contributed by atoms with Crippen molar-refractivity contribution in [3.05, 3.63) is 12.2 Å². The molecule has 21 heavy (non-hydrogen) atoms. The monoisotopic (exact) mass is 288 g/mol. The van der Waals surface area contributed by atoms with E-state index >= 15 is 0 Å². The van der Waals surface area contributed by atoms with Gasteiger partial charge in [0.25, 0.3) is 0 Å². The lowest BCUT2D eigenvalue weighted by Gasteiger charge is -2.53. The SMILES string of the molecule is C[C@]12CC[C@H]3[C@@H](C=C[C@@]45C[C@@H](O)CC[C@]34C5)[C@@H]1CC[C@@H]2O. The molecule has 8 atom stereocenters. The Morgan fingerprint density at radius 3 is 2.71 bits per heavy atom. The number of allylic oxidation sites excluding steroid dienone is 2. The highest BCUT2D eigenvalue weighted by atomic mass is 16.3. The quantitative estimate of drug-likeness (QED) is 0.672. The van der Waals surface area contributed by atoms with Crippen LogP contribution in [0.25, 0.3) is 0 Å². The molecule has 0 aromatic carbocycles. The fraction of sp³-hybridized carbons (Fsp3) is 0.895. The van der Waals surface area contributed by atoms with E-state index < -0.39 is 0 Å². The number of hydrogen-bond donors (Lipinski definition) is 2. The highest BCUT2D eigenvalue weighted by Gasteiger charge is 2.74. The standard InChI is InChI=1S/C19H28O2/c1-17-7-6-15-13(14(17)2-3-16(17)21)5-8-18-10-12(20)4-9-19(15,18)11-18/h5,8,12-16,20-21H,2-4,6-7,9-11H2,1H3/t12-,13-,14-,15-,16-,17-,18-,19-/m0/s1. The van der Waals surface area contributed by atoms with Gasteiger partial charge in [-0.25, -0.2) is 0 Å². The Morgan fingerprint density at radius 2 is 1.86 bits per heavy atom. The van der Waals surface area contributed by atoms with Gasteiger partial charge in [0.2, 0.25) is 0 Å². The normalized spacial score (nSPS) is 64.2. The van der Waals surface area contributed by atoms with Crippen LogP contribution in [0.15, 0.2) is 12.2 Å². The molecular formula is C19H28O2. The fourth-order valence-electron chi connectivity index (χ4n) is 7.43. The molecule has 2 N–H and O–H groups in total. The third-order valence-electron chi connectivity index (χ3n) is 8.65. The van der Waals surface area contributed by atoms with Gasteiger partial charge in [0.1, 0.15) is 0 Å². The van der Waals surface area contributed by atoms with Crippen molar-refractivity contribution in [3.63, 3.8) is 0 Å². The van der Waals surface area contributed by atoms with Crippen molar-refractivity contribution in [2.24, 2.45) is 34.0 Å². The molecule has 0 aliphatic heterocycles. The molecule has 5 aliphatic carbocycles. The van der Waals surface area contributed by atoms with Gasteiger partial charge >= 0.3 is 0 Å². The van der Waals surface area contributed by atoms with Crippen molar-refractivity contribution in [1.29, 1.82) is 0 Å². The van der Waals surface area contributed by atoms with E-state index in [1.54, 1.807) is 0 Å². The molecule has 0 heterocycles. The van der Waals surface area contributed by atoms with Crippen molar-refractivity contribution in [2.75, 3.05) is 0 Å². The molecule has 2 heteroatoms. The van der Waals surface area contributed by atoms with E-state index in [1.165, 1.54) is 32.1 Å². The van der Waals surface area contributed by atoms with Crippen LogP contribution in [-0.2, 0) is 0 Å². The van der Waals surface area contributed by atoms with Gasteiger partial charge in [-0.15, -0.1) is 0 Å². The number of fused-ring (bicyclic) bond motifs is 3. The van der Waals surface area contributed by atoms with Gasteiger partial charge < -0.3 is 10.2 Å². The van der Waals surface area contributed by atoms with Crippen LogP contribution in [0.5, 0.6) is 0 Å². The molecule has 0 unspecified atom stereocenters. The van der Waals surface area contributed by atoms with Crippen molar-refractivity contribution in [2.45, 2.75) is 70.5 Å².